The van der Waals surface area contributed by atoms with E-state index in [1.54, 1.807) is 24.3 Å². The molecule has 0 spiro atoms. The van der Waals surface area contributed by atoms with Crippen molar-refractivity contribution in [1.29, 1.82) is 0 Å². The highest BCUT2D eigenvalue weighted by Gasteiger charge is 2.04. The Kier molecular flexibility index (Phi) is 99.2. The van der Waals surface area contributed by atoms with Gasteiger partial charge in [0.2, 0.25) is 0 Å². The van der Waals surface area contributed by atoms with Gasteiger partial charge in [0.15, 0.2) is 0 Å². The summed E-state index contributed by atoms with van der Waals surface area (Å²) in [5, 5.41) is 30.5. The average molecular weight is 509 g/mol. The molecule has 0 heterocycles. The average Bonchev–Trinajstić information content (AvgIpc) is 2.84. The highest BCUT2D eigenvalue weighted by Crippen LogP contribution is 2.03. The number of rotatable bonds is 10. The van der Waals surface area contributed by atoms with Crippen molar-refractivity contribution in [2.45, 2.75) is 73.1 Å². The summed E-state index contributed by atoms with van der Waals surface area (Å²) in [7, 11) is 1.36. The molecule has 8 nitrogen and oxygen atoms in total. The monoisotopic (exact) mass is 508 g/mol. The fourth-order valence-electron chi connectivity index (χ4n) is 1.04. The van der Waals surface area contributed by atoms with Gasteiger partial charge in [0, 0.05) is 12.8 Å². The van der Waals surface area contributed by atoms with Crippen LogP contribution in [0.15, 0.2) is 50.6 Å². The van der Waals surface area contributed by atoms with Crippen molar-refractivity contribution < 1.29 is 39.5 Å². The Bertz CT molecular complexity index is 365. The van der Waals surface area contributed by atoms with E-state index in [-0.39, 0.29) is 38.4 Å². The number of methoxy groups -OCH3 is 1. The molecule has 35 heavy (non-hydrogen) atoms. The van der Waals surface area contributed by atoms with Gasteiger partial charge in [0.1, 0.15) is 0 Å². The van der Waals surface area contributed by atoms with Crippen molar-refractivity contribution in [3.63, 3.8) is 0 Å². The van der Waals surface area contributed by atoms with Gasteiger partial charge >= 0.3 is 11.9 Å². The molecule has 4 N–H and O–H groups in total. The largest absolute Gasteiger partial charge is 0.469 e. The van der Waals surface area contributed by atoms with E-state index in [1.807, 2.05) is 34.6 Å². The molecular weight excluding hydrogens is 452 g/mol. The fraction of sp³-hybridized carbons (Fsp3) is 0.630. The summed E-state index contributed by atoms with van der Waals surface area (Å²) in [6.45, 7) is 23.1. The molecule has 0 aromatic heterocycles. The maximum Gasteiger partial charge on any atom is 0.305 e. The third-order valence-electron chi connectivity index (χ3n) is 2.20. The van der Waals surface area contributed by atoms with Gasteiger partial charge < -0.3 is 29.9 Å². The van der Waals surface area contributed by atoms with Gasteiger partial charge in [0.25, 0.3) is 0 Å². The summed E-state index contributed by atoms with van der Waals surface area (Å²) >= 11 is 0. The van der Waals surface area contributed by atoms with Crippen LogP contribution in [0.1, 0.15) is 73.1 Å². The van der Waals surface area contributed by atoms with E-state index in [0.717, 1.165) is 12.8 Å². The summed E-state index contributed by atoms with van der Waals surface area (Å²) in [6.07, 6.45) is 11.1. The van der Waals surface area contributed by atoms with Crippen molar-refractivity contribution in [3.8, 4) is 0 Å². The molecule has 0 amide bonds. The van der Waals surface area contributed by atoms with Gasteiger partial charge in [-0.05, 0) is 47.0 Å². The number of hydrogen-bond donors (Lipinski definition) is 4. The first kappa shape index (κ1) is 49.8. The minimum absolute atomic E-state index is 0.125. The van der Waals surface area contributed by atoms with Gasteiger partial charge in [-0.15, -0.1) is 26.3 Å². The lowest BCUT2D eigenvalue weighted by Crippen LogP contribution is -2.06. The van der Waals surface area contributed by atoms with Crippen molar-refractivity contribution >= 4 is 11.9 Å². The van der Waals surface area contributed by atoms with E-state index < -0.39 is 0 Å². The van der Waals surface area contributed by atoms with E-state index >= 15 is 0 Å². The minimum atomic E-state index is -0.227. The van der Waals surface area contributed by atoms with Crippen LogP contribution in [0.4, 0.5) is 0 Å². The Morgan fingerprint density at radius 1 is 0.657 bits per heavy atom. The van der Waals surface area contributed by atoms with Crippen LogP contribution in [0.5, 0.6) is 0 Å². The number of carbonyl (C=O) groups is 2. The van der Waals surface area contributed by atoms with Gasteiger partial charge in [0.05, 0.1) is 40.1 Å². The Morgan fingerprint density at radius 2 is 0.943 bits per heavy atom. The van der Waals surface area contributed by atoms with Gasteiger partial charge in [-0.3, -0.25) is 9.59 Å². The zero-order chi connectivity index (χ0) is 29.2. The molecule has 0 aromatic rings. The highest BCUT2D eigenvalue weighted by molar-refractivity contribution is 5.70. The van der Waals surface area contributed by atoms with Crippen LogP contribution in [-0.4, -0.2) is 72.5 Å². The van der Waals surface area contributed by atoms with E-state index in [4.69, 9.17) is 25.2 Å². The van der Waals surface area contributed by atoms with Gasteiger partial charge in [-0.25, -0.2) is 0 Å². The molecule has 0 fully saturated rings. The molecule has 0 bridgehead atoms. The van der Waals surface area contributed by atoms with Crippen LogP contribution in [-0.2, 0) is 19.1 Å². The van der Waals surface area contributed by atoms with Crippen molar-refractivity contribution in [2.24, 2.45) is 0 Å². The maximum atomic E-state index is 11.1. The molecule has 0 saturated carbocycles. The van der Waals surface area contributed by atoms with Crippen LogP contribution < -0.4 is 0 Å². The Labute approximate surface area is 215 Å². The third-order valence-corrected chi connectivity index (χ3v) is 2.20. The van der Waals surface area contributed by atoms with Crippen LogP contribution in [0.3, 0.4) is 0 Å². The Morgan fingerprint density at radius 3 is 1.17 bits per heavy atom. The summed E-state index contributed by atoms with van der Waals surface area (Å²) < 4.78 is 9.44. The van der Waals surface area contributed by atoms with E-state index in [2.05, 4.69) is 31.1 Å². The number of aliphatic hydroxyl groups excluding tert-OH is 4. The van der Waals surface area contributed by atoms with Gasteiger partial charge in [-0.1, -0.05) is 37.6 Å². The first-order valence-electron chi connectivity index (χ1n) is 11.6. The molecule has 0 aliphatic rings. The Hall–Kier alpha value is -2.26. The smallest absolute Gasteiger partial charge is 0.305 e. The number of esters is 2. The second-order valence-corrected chi connectivity index (χ2v) is 5.88. The number of unbranched alkanes of at least 4 members (excludes halogenated alkanes) is 2. The number of hydrogen-bond acceptors (Lipinski definition) is 8. The van der Waals surface area contributed by atoms with Crippen LogP contribution in [0, 0.1) is 0 Å². The van der Waals surface area contributed by atoms with Crippen LogP contribution in [0.25, 0.3) is 0 Å². The highest BCUT2D eigenvalue weighted by atomic mass is 16.5. The lowest BCUT2D eigenvalue weighted by molar-refractivity contribution is -0.145. The second-order valence-electron chi connectivity index (χ2n) is 5.88. The first-order valence-corrected chi connectivity index (χ1v) is 11.6. The Balaban J connectivity index is -0.0000000640. The van der Waals surface area contributed by atoms with Crippen molar-refractivity contribution in [2.75, 3.05) is 40.1 Å². The quantitative estimate of drug-likeness (QED) is 0.188. The third kappa shape index (κ3) is 149. The number of aliphatic hydroxyl groups is 4. The van der Waals surface area contributed by atoms with Crippen molar-refractivity contribution in [3.05, 3.63) is 50.6 Å². The van der Waals surface area contributed by atoms with Crippen molar-refractivity contribution in [1.82, 2.24) is 0 Å². The zero-order valence-corrected chi connectivity index (χ0v) is 23.3. The summed E-state index contributed by atoms with van der Waals surface area (Å²) in [5.41, 5.74) is 0. The standard InChI is InChI=1S/C11H20O4.4C3H6.2C2H6O2/c1-3-4-9-15-11(13)8-6-5-7-10(12)14-2;4*1-3-2;2*3-1-2-4/h3-9H2,1-2H3;4*3H,1H2,2H3;2*3-4H,1-2H2. The van der Waals surface area contributed by atoms with Crippen LogP contribution in [0.2, 0.25) is 0 Å². The van der Waals surface area contributed by atoms with E-state index in [9.17, 15) is 9.59 Å². The summed E-state index contributed by atoms with van der Waals surface area (Å²) in [4.78, 5) is 21.8. The molecule has 8 heteroatoms. The van der Waals surface area contributed by atoms with Gasteiger partial charge in [-0.2, -0.15) is 0 Å². The minimum Gasteiger partial charge on any atom is -0.469 e. The summed E-state index contributed by atoms with van der Waals surface area (Å²) in [6, 6.07) is 0. The molecule has 212 valence electrons. The number of allylic oxidation sites excluding steroid dienone is 4. The zero-order valence-electron chi connectivity index (χ0n) is 23.3. The normalized spacial score (nSPS) is 7.37. The topological polar surface area (TPSA) is 134 Å². The molecule has 0 aliphatic carbocycles. The number of ether oxygens (including phenoxy) is 2. The van der Waals surface area contributed by atoms with E-state index in [1.165, 1.54) is 7.11 Å². The molecule has 0 saturated heterocycles. The first-order chi connectivity index (χ1) is 16.7. The molecule has 0 aliphatic heterocycles. The lowest BCUT2D eigenvalue weighted by atomic mass is 10.2. The molecule has 0 atom stereocenters. The predicted octanol–water partition coefficient (Wildman–Crippen LogP) is 4.77. The molecule has 0 radical (unpaired) electrons. The SMILES string of the molecule is C=CC.C=CC.C=CC.C=CC.CCCCOC(=O)CCCCC(=O)OC.OCCO.OCCO. The molecule has 0 aromatic carbocycles. The number of carbonyl (C=O) groups excluding carboxylic acids is 2. The van der Waals surface area contributed by atoms with Crippen LogP contribution >= 0.6 is 0 Å². The summed E-state index contributed by atoms with van der Waals surface area (Å²) in [5.74, 6) is -0.400. The molecule has 0 rings (SSSR count). The molecule has 0 unspecified atom stereocenters. The second kappa shape index (κ2) is 69.7. The maximum absolute atomic E-state index is 11.1. The fourth-order valence-corrected chi connectivity index (χ4v) is 1.04. The lowest BCUT2D eigenvalue weighted by Gasteiger charge is -2.03. The predicted molar refractivity (Wildman–Crippen MR) is 148 cm³/mol. The molecular formula is C27H56O8. The van der Waals surface area contributed by atoms with E-state index in [0.29, 0.717) is 32.3 Å².